The van der Waals surface area contributed by atoms with Crippen molar-refractivity contribution >= 4 is 0 Å². The van der Waals surface area contributed by atoms with E-state index >= 15 is 0 Å². The highest BCUT2D eigenvalue weighted by molar-refractivity contribution is 4.84. The highest BCUT2D eigenvalue weighted by atomic mass is 16.5. The molecule has 4 nitrogen and oxygen atoms in total. The smallest absolute Gasteiger partial charge is 0.0680 e. The fraction of sp³-hybridized carbons (Fsp3) is 1.00. The summed E-state index contributed by atoms with van der Waals surface area (Å²) in [6.45, 7) is 5.73. The van der Waals surface area contributed by atoms with Gasteiger partial charge in [-0.2, -0.15) is 0 Å². The molecule has 2 saturated heterocycles. The van der Waals surface area contributed by atoms with Gasteiger partial charge in [-0.25, -0.2) is 0 Å². The summed E-state index contributed by atoms with van der Waals surface area (Å²) < 4.78 is 5.37. The van der Waals surface area contributed by atoms with E-state index in [1.165, 1.54) is 6.42 Å². The molecule has 0 radical (unpaired) electrons. The zero-order valence-corrected chi connectivity index (χ0v) is 9.41. The van der Waals surface area contributed by atoms with Crippen LogP contribution in [0.1, 0.15) is 19.8 Å². The molecule has 4 unspecified atom stereocenters. The molecule has 4 atom stereocenters. The van der Waals surface area contributed by atoms with E-state index in [4.69, 9.17) is 4.74 Å². The first-order valence-electron chi connectivity index (χ1n) is 5.98. The van der Waals surface area contributed by atoms with Gasteiger partial charge in [-0.3, -0.25) is 0 Å². The van der Waals surface area contributed by atoms with Crippen LogP contribution in [0.2, 0.25) is 0 Å². The number of rotatable bonds is 4. The molecule has 2 heterocycles. The van der Waals surface area contributed by atoms with E-state index in [2.05, 4.69) is 17.6 Å². The Balaban J connectivity index is 1.64. The van der Waals surface area contributed by atoms with E-state index in [0.29, 0.717) is 18.0 Å². The molecule has 2 aliphatic heterocycles. The van der Waals surface area contributed by atoms with Gasteiger partial charge in [-0.15, -0.1) is 0 Å². The van der Waals surface area contributed by atoms with E-state index < -0.39 is 0 Å². The SMILES string of the molecule is CC(NCC1CC(O)CN1)C1CCOC1. The normalized spacial score (nSPS) is 38.4. The van der Waals surface area contributed by atoms with Crippen LogP contribution in [-0.4, -0.2) is 49.6 Å². The van der Waals surface area contributed by atoms with E-state index in [1.807, 2.05) is 0 Å². The van der Waals surface area contributed by atoms with Crippen LogP contribution in [0.3, 0.4) is 0 Å². The van der Waals surface area contributed by atoms with Crippen LogP contribution < -0.4 is 10.6 Å². The Morgan fingerprint density at radius 1 is 1.60 bits per heavy atom. The van der Waals surface area contributed by atoms with Crippen LogP contribution in [0.25, 0.3) is 0 Å². The Bertz CT molecular complexity index is 195. The molecule has 0 saturated carbocycles. The Hall–Kier alpha value is -0.160. The van der Waals surface area contributed by atoms with Crippen LogP contribution in [0.4, 0.5) is 0 Å². The van der Waals surface area contributed by atoms with Gasteiger partial charge in [0.25, 0.3) is 0 Å². The van der Waals surface area contributed by atoms with Crippen molar-refractivity contribution in [3.05, 3.63) is 0 Å². The van der Waals surface area contributed by atoms with E-state index in [-0.39, 0.29) is 6.10 Å². The number of aliphatic hydroxyl groups excluding tert-OH is 1. The quantitative estimate of drug-likeness (QED) is 0.603. The average molecular weight is 214 g/mol. The lowest BCUT2D eigenvalue weighted by molar-refractivity contribution is 0.177. The first-order valence-corrected chi connectivity index (χ1v) is 5.98. The minimum absolute atomic E-state index is 0.151. The van der Waals surface area contributed by atoms with Crippen molar-refractivity contribution in [3.63, 3.8) is 0 Å². The molecule has 0 aromatic rings. The van der Waals surface area contributed by atoms with Crippen molar-refractivity contribution < 1.29 is 9.84 Å². The fourth-order valence-electron chi connectivity index (χ4n) is 2.40. The zero-order chi connectivity index (χ0) is 10.7. The topological polar surface area (TPSA) is 53.5 Å². The Kier molecular flexibility index (Phi) is 3.97. The Morgan fingerprint density at radius 2 is 2.47 bits per heavy atom. The standard InChI is InChI=1S/C11H22N2O2/c1-8(9-2-3-15-7-9)12-5-10-4-11(14)6-13-10/h8-14H,2-7H2,1H3. The van der Waals surface area contributed by atoms with Crippen LogP contribution in [0.5, 0.6) is 0 Å². The van der Waals surface area contributed by atoms with Gasteiger partial charge in [0.1, 0.15) is 0 Å². The molecule has 2 aliphatic rings. The zero-order valence-electron chi connectivity index (χ0n) is 9.41. The molecule has 0 aromatic heterocycles. The number of nitrogens with one attached hydrogen (secondary N) is 2. The molecule has 4 heteroatoms. The molecule has 0 aliphatic carbocycles. The third kappa shape index (κ3) is 3.14. The number of ether oxygens (including phenoxy) is 1. The second-order valence-electron chi connectivity index (χ2n) is 4.82. The van der Waals surface area contributed by atoms with Crippen molar-refractivity contribution in [1.82, 2.24) is 10.6 Å². The highest BCUT2D eigenvalue weighted by Gasteiger charge is 2.25. The lowest BCUT2D eigenvalue weighted by atomic mass is 10.0. The predicted octanol–water partition coefficient (Wildman–Crippen LogP) is -0.276. The van der Waals surface area contributed by atoms with Crippen molar-refractivity contribution in [1.29, 1.82) is 0 Å². The third-order valence-electron chi connectivity index (χ3n) is 3.56. The number of β-amino-alcohol motifs (C(OH)–C–C–N with tert-alkyl or cyclic N) is 1. The lowest BCUT2D eigenvalue weighted by Crippen LogP contribution is -2.41. The van der Waals surface area contributed by atoms with Crippen LogP contribution >= 0.6 is 0 Å². The average Bonchev–Trinajstić information content (AvgIpc) is 2.84. The number of hydrogen-bond acceptors (Lipinski definition) is 4. The molecule has 0 aromatic carbocycles. The van der Waals surface area contributed by atoms with Crippen LogP contribution in [0, 0.1) is 5.92 Å². The highest BCUT2D eigenvalue weighted by Crippen LogP contribution is 2.16. The summed E-state index contributed by atoms with van der Waals surface area (Å²) in [5.74, 6) is 0.663. The minimum Gasteiger partial charge on any atom is -0.392 e. The van der Waals surface area contributed by atoms with Crippen LogP contribution in [-0.2, 0) is 4.74 Å². The summed E-state index contributed by atoms with van der Waals surface area (Å²) in [5, 5.41) is 16.2. The van der Waals surface area contributed by atoms with Gasteiger partial charge in [-0.1, -0.05) is 0 Å². The molecule has 2 fully saturated rings. The molecule has 0 bridgehead atoms. The molecule has 3 N–H and O–H groups in total. The number of hydrogen-bond donors (Lipinski definition) is 3. The van der Waals surface area contributed by atoms with Gasteiger partial charge in [-0.05, 0) is 25.7 Å². The van der Waals surface area contributed by atoms with Gasteiger partial charge in [0.05, 0.1) is 12.7 Å². The Morgan fingerprint density at radius 3 is 3.07 bits per heavy atom. The Labute approximate surface area is 91.4 Å². The van der Waals surface area contributed by atoms with Gasteiger partial charge in [0, 0.05) is 31.8 Å². The number of aliphatic hydroxyl groups is 1. The first kappa shape index (κ1) is 11.3. The van der Waals surface area contributed by atoms with Gasteiger partial charge in [0.2, 0.25) is 0 Å². The maximum absolute atomic E-state index is 9.37. The summed E-state index contributed by atoms with van der Waals surface area (Å²) in [7, 11) is 0. The monoisotopic (exact) mass is 214 g/mol. The van der Waals surface area contributed by atoms with Crippen molar-refractivity contribution in [2.75, 3.05) is 26.3 Å². The summed E-state index contributed by atoms with van der Waals surface area (Å²) in [6, 6.07) is 0.955. The largest absolute Gasteiger partial charge is 0.392 e. The van der Waals surface area contributed by atoms with Gasteiger partial charge >= 0.3 is 0 Å². The van der Waals surface area contributed by atoms with Crippen molar-refractivity contribution in [2.24, 2.45) is 5.92 Å². The summed E-state index contributed by atoms with van der Waals surface area (Å²) in [4.78, 5) is 0. The maximum Gasteiger partial charge on any atom is 0.0680 e. The first-order chi connectivity index (χ1) is 7.25. The van der Waals surface area contributed by atoms with Gasteiger partial charge in [0.15, 0.2) is 0 Å². The molecule has 0 amide bonds. The van der Waals surface area contributed by atoms with E-state index in [1.54, 1.807) is 0 Å². The second kappa shape index (κ2) is 5.25. The summed E-state index contributed by atoms with van der Waals surface area (Å²) in [5.41, 5.74) is 0. The van der Waals surface area contributed by atoms with Crippen molar-refractivity contribution in [2.45, 2.75) is 38.0 Å². The second-order valence-corrected chi connectivity index (χ2v) is 4.82. The molecule has 15 heavy (non-hydrogen) atoms. The molecule has 88 valence electrons. The van der Waals surface area contributed by atoms with E-state index in [9.17, 15) is 5.11 Å². The maximum atomic E-state index is 9.37. The van der Waals surface area contributed by atoms with Crippen LogP contribution in [0.15, 0.2) is 0 Å². The molecular formula is C11H22N2O2. The third-order valence-corrected chi connectivity index (χ3v) is 3.56. The summed E-state index contributed by atoms with van der Waals surface area (Å²) in [6.07, 6.45) is 1.90. The molecular weight excluding hydrogens is 192 g/mol. The lowest BCUT2D eigenvalue weighted by Gasteiger charge is -2.21. The fourth-order valence-corrected chi connectivity index (χ4v) is 2.40. The van der Waals surface area contributed by atoms with E-state index in [0.717, 1.165) is 32.7 Å². The van der Waals surface area contributed by atoms with Crippen molar-refractivity contribution in [3.8, 4) is 0 Å². The molecule has 0 spiro atoms. The summed E-state index contributed by atoms with van der Waals surface area (Å²) >= 11 is 0. The molecule has 2 rings (SSSR count). The minimum atomic E-state index is -0.151. The van der Waals surface area contributed by atoms with Gasteiger partial charge < -0.3 is 20.5 Å². The predicted molar refractivity (Wildman–Crippen MR) is 58.8 cm³/mol.